The largest absolute Gasteiger partial charge is 0.467 e. The molecule has 0 unspecified atom stereocenters. The maximum absolute atomic E-state index is 14.4. The number of para-hydroxylation sites is 1. The zero-order valence-corrected chi connectivity index (χ0v) is 25.4. The standard InChI is InChI=1S/C35H42N4O3/c1-23-31(27-12-6-7-13-29(27)36-23)32-28(34(32,2)3)21-30(40)39(22-26-11-10-20-42-26)35(18-8-9-19-35)33(41)37-24-14-16-25(17-15-24)38(4)5/h6-7,10-17,20,28,32,36H,8-9,18-19,21-22H2,1-5H3,(H,37,41)/t28-,32-/m1/s1. The second-order valence-electron chi connectivity index (χ2n) is 13.0. The molecule has 2 N–H and O–H groups in total. The monoisotopic (exact) mass is 566 g/mol. The first-order chi connectivity index (χ1) is 20.1. The van der Waals surface area contributed by atoms with Crippen molar-refractivity contribution in [2.45, 2.75) is 70.9 Å². The maximum Gasteiger partial charge on any atom is 0.250 e. The lowest BCUT2D eigenvalue weighted by Gasteiger charge is -2.40. The highest BCUT2D eigenvalue weighted by molar-refractivity contribution is 6.01. The van der Waals surface area contributed by atoms with Gasteiger partial charge in [0.15, 0.2) is 0 Å². The van der Waals surface area contributed by atoms with Gasteiger partial charge in [-0.15, -0.1) is 0 Å². The lowest BCUT2D eigenvalue weighted by molar-refractivity contribution is -0.147. The van der Waals surface area contributed by atoms with Gasteiger partial charge in [-0.25, -0.2) is 0 Å². The molecule has 0 saturated heterocycles. The van der Waals surface area contributed by atoms with E-state index in [0.717, 1.165) is 29.7 Å². The number of anilines is 2. The quantitative estimate of drug-likeness (QED) is 0.224. The van der Waals surface area contributed by atoms with Gasteiger partial charge in [-0.3, -0.25) is 9.59 Å². The van der Waals surface area contributed by atoms with Crippen molar-refractivity contribution in [3.63, 3.8) is 0 Å². The molecular weight excluding hydrogens is 524 g/mol. The van der Waals surface area contributed by atoms with Crippen molar-refractivity contribution >= 4 is 34.1 Å². The molecule has 0 aliphatic heterocycles. The number of nitrogens with zero attached hydrogens (tertiary/aromatic N) is 2. The summed E-state index contributed by atoms with van der Waals surface area (Å²) in [6.07, 6.45) is 5.11. The molecule has 7 nitrogen and oxygen atoms in total. The fourth-order valence-electron chi connectivity index (χ4n) is 7.40. The highest BCUT2D eigenvalue weighted by atomic mass is 16.3. The van der Waals surface area contributed by atoms with E-state index in [1.807, 2.05) is 60.3 Å². The molecule has 0 radical (unpaired) electrons. The molecule has 2 fully saturated rings. The van der Waals surface area contributed by atoms with E-state index in [1.165, 1.54) is 16.6 Å². The third-order valence-electron chi connectivity index (χ3n) is 9.91. The summed E-state index contributed by atoms with van der Waals surface area (Å²) in [5.41, 5.74) is 4.48. The van der Waals surface area contributed by atoms with Gasteiger partial charge in [0.1, 0.15) is 11.3 Å². The number of aromatic amines is 1. The lowest BCUT2D eigenvalue weighted by atomic mass is 9.92. The Morgan fingerprint density at radius 1 is 1.00 bits per heavy atom. The lowest BCUT2D eigenvalue weighted by Crippen LogP contribution is -2.57. The first-order valence-corrected chi connectivity index (χ1v) is 15.1. The van der Waals surface area contributed by atoms with E-state index in [0.29, 0.717) is 25.0 Å². The van der Waals surface area contributed by atoms with Gasteiger partial charge >= 0.3 is 0 Å². The van der Waals surface area contributed by atoms with Crippen molar-refractivity contribution in [3.8, 4) is 0 Å². The van der Waals surface area contributed by atoms with Crippen LogP contribution in [0.2, 0.25) is 0 Å². The summed E-state index contributed by atoms with van der Waals surface area (Å²) < 4.78 is 5.72. The Kier molecular flexibility index (Phi) is 7.16. The Bertz CT molecular complexity index is 1580. The van der Waals surface area contributed by atoms with Crippen LogP contribution in [0.3, 0.4) is 0 Å². The normalized spacial score (nSPS) is 20.4. The molecule has 220 valence electrons. The smallest absolute Gasteiger partial charge is 0.250 e. The van der Waals surface area contributed by atoms with Crippen LogP contribution < -0.4 is 10.2 Å². The summed E-state index contributed by atoms with van der Waals surface area (Å²) in [7, 11) is 3.98. The SMILES string of the molecule is Cc1[nH]c2ccccc2c1[C@H]1[C@@H](CC(=O)N(Cc2ccco2)C2(C(=O)Nc3ccc(N(C)C)cc3)CCCC2)C1(C)C. The summed E-state index contributed by atoms with van der Waals surface area (Å²) in [5.74, 6) is 1.05. The van der Waals surface area contributed by atoms with Crippen LogP contribution >= 0.6 is 0 Å². The van der Waals surface area contributed by atoms with E-state index in [4.69, 9.17) is 4.42 Å². The zero-order valence-electron chi connectivity index (χ0n) is 25.4. The average molecular weight is 567 g/mol. The van der Waals surface area contributed by atoms with Crippen molar-refractivity contribution in [2.75, 3.05) is 24.3 Å². The fraction of sp³-hybridized carbons (Fsp3) is 0.429. The van der Waals surface area contributed by atoms with Crippen LogP contribution in [0, 0.1) is 18.3 Å². The molecule has 2 amide bonds. The van der Waals surface area contributed by atoms with Gasteiger partial charge in [0.25, 0.3) is 0 Å². The van der Waals surface area contributed by atoms with Crippen molar-refractivity contribution in [2.24, 2.45) is 11.3 Å². The Morgan fingerprint density at radius 2 is 1.71 bits per heavy atom. The number of nitrogens with one attached hydrogen (secondary N) is 2. The number of benzene rings is 2. The predicted molar refractivity (Wildman–Crippen MR) is 168 cm³/mol. The summed E-state index contributed by atoms with van der Waals surface area (Å²) in [6.45, 7) is 6.95. The minimum absolute atomic E-state index is 0.0180. The Morgan fingerprint density at radius 3 is 2.38 bits per heavy atom. The molecule has 2 saturated carbocycles. The molecule has 0 bridgehead atoms. The van der Waals surface area contributed by atoms with E-state index in [2.05, 4.69) is 55.3 Å². The number of fused-ring (bicyclic) bond motifs is 1. The van der Waals surface area contributed by atoms with Crippen molar-refractivity contribution in [1.29, 1.82) is 0 Å². The van der Waals surface area contributed by atoms with Gasteiger partial charge < -0.3 is 24.5 Å². The highest BCUT2D eigenvalue weighted by Crippen LogP contribution is 2.67. The van der Waals surface area contributed by atoms with Crippen molar-refractivity contribution in [3.05, 3.63) is 83.9 Å². The van der Waals surface area contributed by atoms with Gasteiger partial charge in [-0.05, 0) is 85.0 Å². The summed E-state index contributed by atoms with van der Waals surface area (Å²) in [5, 5.41) is 4.40. The molecule has 2 aliphatic rings. The van der Waals surface area contributed by atoms with E-state index in [9.17, 15) is 9.59 Å². The topological polar surface area (TPSA) is 81.6 Å². The van der Waals surface area contributed by atoms with E-state index >= 15 is 0 Å². The van der Waals surface area contributed by atoms with Gasteiger partial charge in [0.2, 0.25) is 11.8 Å². The summed E-state index contributed by atoms with van der Waals surface area (Å²) >= 11 is 0. The van der Waals surface area contributed by atoms with E-state index in [-0.39, 0.29) is 35.6 Å². The molecule has 7 heteroatoms. The van der Waals surface area contributed by atoms with Gasteiger partial charge in [-0.2, -0.15) is 0 Å². The number of hydrogen-bond donors (Lipinski definition) is 2. The number of H-pyrrole nitrogens is 1. The van der Waals surface area contributed by atoms with E-state index in [1.54, 1.807) is 6.26 Å². The number of hydrogen-bond acceptors (Lipinski definition) is 4. The van der Waals surface area contributed by atoms with Crippen LogP contribution in [0.15, 0.2) is 71.3 Å². The maximum atomic E-state index is 14.4. The Balaban J connectivity index is 1.29. The number of aromatic nitrogens is 1. The molecule has 6 rings (SSSR count). The minimum Gasteiger partial charge on any atom is -0.467 e. The molecule has 0 spiro atoms. The van der Waals surface area contributed by atoms with Crippen LogP contribution in [0.5, 0.6) is 0 Å². The van der Waals surface area contributed by atoms with Crippen molar-refractivity contribution in [1.82, 2.24) is 9.88 Å². The molecular formula is C35H42N4O3. The molecule has 4 aromatic rings. The number of rotatable bonds is 9. The minimum atomic E-state index is -0.921. The van der Waals surface area contributed by atoms with E-state index < -0.39 is 5.54 Å². The zero-order chi connectivity index (χ0) is 29.6. The predicted octanol–water partition coefficient (Wildman–Crippen LogP) is 7.25. The van der Waals surface area contributed by atoms with Gasteiger partial charge in [0, 0.05) is 48.5 Å². The van der Waals surface area contributed by atoms with Gasteiger partial charge in [0.05, 0.1) is 12.8 Å². The second kappa shape index (κ2) is 10.7. The molecule has 2 aliphatic carbocycles. The first kappa shape index (κ1) is 28.1. The molecule has 2 atom stereocenters. The van der Waals surface area contributed by atoms with Crippen LogP contribution in [0.25, 0.3) is 10.9 Å². The van der Waals surface area contributed by atoms with Crippen molar-refractivity contribution < 1.29 is 14.0 Å². The molecule has 2 aromatic carbocycles. The molecule has 2 aromatic heterocycles. The Hall–Kier alpha value is -4.00. The third kappa shape index (κ3) is 4.89. The summed E-state index contributed by atoms with van der Waals surface area (Å²) in [4.78, 5) is 36.0. The molecule has 2 heterocycles. The van der Waals surface area contributed by atoms with Crippen LogP contribution in [0.1, 0.15) is 68.9 Å². The highest BCUT2D eigenvalue weighted by Gasteiger charge is 2.60. The van der Waals surface area contributed by atoms with Crippen LogP contribution in [-0.4, -0.2) is 41.3 Å². The number of carbonyl (C=O) groups is 2. The molecule has 42 heavy (non-hydrogen) atoms. The third-order valence-corrected chi connectivity index (χ3v) is 9.91. The average Bonchev–Trinajstić information content (AvgIpc) is 3.54. The Labute approximate surface area is 248 Å². The second-order valence-corrected chi connectivity index (χ2v) is 13.0. The first-order valence-electron chi connectivity index (χ1n) is 15.1. The van der Waals surface area contributed by atoms with Gasteiger partial charge in [-0.1, -0.05) is 44.9 Å². The van der Waals surface area contributed by atoms with Crippen LogP contribution in [-0.2, 0) is 16.1 Å². The number of carbonyl (C=O) groups excluding carboxylic acids is 2. The van der Waals surface area contributed by atoms with Crippen LogP contribution in [0.4, 0.5) is 11.4 Å². The number of amides is 2. The summed E-state index contributed by atoms with van der Waals surface area (Å²) in [6, 6.07) is 20.0. The number of aryl methyl sites for hydroxylation is 1. The fourth-order valence-corrected chi connectivity index (χ4v) is 7.40. The number of furan rings is 1.